The number of H-pyrrole nitrogens is 1. The fraction of sp³-hybridized carbons (Fsp3) is 0.292. The van der Waals surface area contributed by atoms with Crippen molar-refractivity contribution in [2.75, 3.05) is 13.1 Å². The highest BCUT2D eigenvalue weighted by Crippen LogP contribution is 2.18. The van der Waals surface area contributed by atoms with Crippen molar-refractivity contribution in [1.29, 1.82) is 0 Å². The summed E-state index contributed by atoms with van der Waals surface area (Å²) in [7, 11) is 0. The van der Waals surface area contributed by atoms with Gasteiger partial charge in [-0.05, 0) is 50.6 Å². The quantitative estimate of drug-likeness (QED) is 0.185. The molecule has 0 aliphatic carbocycles. The third-order valence-corrected chi connectivity index (χ3v) is 5.07. The molecule has 4 aromatic rings. The topological polar surface area (TPSA) is 82.9 Å². The molecule has 0 unspecified atom stereocenters. The number of aromatic nitrogens is 4. The Bertz CT molecular complexity index is 1160. The first kappa shape index (κ1) is 23.8. The summed E-state index contributed by atoms with van der Waals surface area (Å²) in [4.78, 5) is 12.8. The molecular weight excluding hydrogens is 513 g/mol. The van der Waals surface area contributed by atoms with Crippen LogP contribution in [0.15, 0.2) is 59.6 Å². The Balaban J connectivity index is 0.00000289. The molecule has 3 N–H and O–H groups in total. The van der Waals surface area contributed by atoms with Gasteiger partial charge >= 0.3 is 0 Å². The molecule has 0 amide bonds. The highest BCUT2D eigenvalue weighted by atomic mass is 127. The first-order valence-corrected chi connectivity index (χ1v) is 10.7. The Morgan fingerprint density at radius 3 is 2.59 bits per heavy atom. The largest absolute Gasteiger partial charge is 0.357 e. The van der Waals surface area contributed by atoms with E-state index in [0.717, 1.165) is 65.0 Å². The number of fused-ring (bicyclic) bond motifs is 1. The second-order valence-electron chi connectivity index (χ2n) is 7.54. The molecule has 0 saturated heterocycles. The summed E-state index contributed by atoms with van der Waals surface area (Å²) in [6, 6.07) is 18.5. The van der Waals surface area contributed by atoms with Gasteiger partial charge in [-0.25, -0.2) is 14.7 Å². The first-order valence-electron chi connectivity index (χ1n) is 10.7. The maximum Gasteiger partial charge on any atom is 0.191 e. The summed E-state index contributed by atoms with van der Waals surface area (Å²) >= 11 is 0. The highest BCUT2D eigenvalue weighted by molar-refractivity contribution is 14.0. The van der Waals surface area contributed by atoms with Gasteiger partial charge in [-0.3, -0.25) is 0 Å². The van der Waals surface area contributed by atoms with Crippen molar-refractivity contribution >= 4 is 41.0 Å². The molecule has 2 aromatic heterocycles. The van der Waals surface area contributed by atoms with Crippen LogP contribution in [-0.2, 0) is 13.0 Å². The first-order chi connectivity index (χ1) is 15.1. The Labute approximate surface area is 205 Å². The second-order valence-corrected chi connectivity index (χ2v) is 7.54. The zero-order valence-electron chi connectivity index (χ0n) is 18.7. The normalized spacial score (nSPS) is 11.4. The van der Waals surface area contributed by atoms with Crippen molar-refractivity contribution in [2.45, 2.75) is 33.7 Å². The van der Waals surface area contributed by atoms with Crippen LogP contribution >= 0.6 is 24.0 Å². The Kier molecular flexibility index (Phi) is 8.26. The molecule has 4 rings (SSSR count). The van der Waals surface area contributed by atoms with Crippen molar-refractivity contribution < 1.29 is 0 Å². The molecule has 2 aromatic carbocycles. The van der Waals surface area contributed by atoms with Gasteiger partial charge in [0.15, 0.2) is 5.96 Å². The van der Waals surface area contributed by atoms with Gasteiger partial charge in [-0.1, -0.05) is 30.3 Å². The number of nitrogens with one attached hydrogen (secondary N) is 3. The minimum atomic E-state index is 0. The van der Waals surface area contributed by atoms with Crippen LogP contribution in [0.2, 0.25) is 0 Å². The van der Waals surface area contributed by atoms with Crippen LogP contribution in [0.3, 0.4) is 0 Å². The van der Waals surface area contributed by atoms with Crippen LogP contribution < -0.4 is 10.6 Å². The number of benzene rings is 2. The van der Waals surface area contributed by atoms with E-state index in [0.29, 0.717) is 6.54 Å². The SMILES string of the molecule is CCNC(=NCc1ccccc1-n1nc(C)cc1C)NCCc1nc2ccccc2[nH]1.I. The summed E-state index contributed by atoms with van der Waals surface area (Å²) in [6.45, 7) is 8.26. The third kappa shape index (κ3) is 5.67. The molecule has 8 heteroatoms. The van der Waals surface area contributed by atoms with Crippen LogP contribution in [0.5, 0.6) is 0 Å². The van der Waals surface area contributed by atoms with Gasteiger partial charge in [0.1, 0.15) is 5.82 Å². The monoisotopic (exact) mass is 543 g/mol. The molecule has 0 fully saturated rings. The van der Waals surface area contributed by atoms with Crippen molar-refractivity contribution in [1.82, 2.24) is 30.4 Å². The maximum atomic E-state index is 4.80. The molecule has 0 aliphatic rings. The summed E-state index contributed by atoms with van der Waals surface area (Å²) in [5.74, 6) is 1.77. The van der Waals surface area contributed by atoms with E-state index in [1.165, 1.54) is 0 Å². The molecule has 0 aliphatic heterocycles. The number of hydrogen-bond donors (Lipinski definition) is 3. The molecule has 0 spiro atoms. The molecular formula is C24H30IN7. The number of imidazole rings is 1. The number of rotatable bonds is 7. The van der Waals surface area contributed by atoms with Crippen molar-refractivity contribution in [3.8, 4) is 5.69 Å². The number of nitrogens with zero attached hydrogens (tertiary/aromatic N) is 4. The van der Waals surface area contributed by atoms with Gasteiger partial charge in [0, 0.05) is 25.2 Å². The minimum Gasteiger partial charge on any atom is -0.357 e. The lowest BCUT2D eigenvalue weighted by molar-refractivity contribution is 0.776. The predicted molar refractivity (Wildman–Crippen MR) is 141 cm³/mol. The summed E-state index contributed by atoms with van der Waals surface area (Å²) in [5.41, 5.74) is 6.39. The summed E-state index contributed by atoms with van der Waals surface area (Å²) in [5, 5.41) is 11.4. The lowest BCUT2D eigenvalue weighted by Crippen LogP contribution is -2.38. The number of aromatic amines is 1. The fourth-order valence-corrected chi connectivity index (χ4v) is 3.65. The molecule has 7 nitrogen and oxygen atoms in total. The van der Waals surface area contributed by atoms with Crippen LogP contribution in [0.1, 0.15) is 29.7 Å². The lowest BCUT2D eigenvalue weighted by Gasteiger charge is -2.13. The molecule has 0 saturated carbocycles. The molecule has 0 atom stereocenters. The Morgan fingerprint density at radius 2 is 1.84 bits per heavy atom. The van der Waals surface area contributed by atoms with Gasteiger partial charge in [0.05, 0.1) is 29.0 Å². The van der Waals surface area contributed by atoms with Gasteiger partial charge < -0.3 is 15.6 Å². The fourth-order valence-electron chi connectivity index (χ4n) is 3.65. The molecule has 0 radical (unpaired) electrons. The highest BCUT2D eigenvalue weighted by Gasteiger charge is 2.09. The zero-order chi connectivity index (χ0) is 21.6. The van der Waals surface area contributed by atoms with Crippen molar-refractivity contribution in [2.24, 2.45) is 4.99 Å². The average Bonchev–Trinajstić information content (AvgIpc) is 3.34. The van der Waals surface area contributed by atoms with Gasteiger partial charge in [0.2, 0.25) is 0 Å². The van der Waals surface area contributed by atoms with Crippen LogP contribution in [0.25, 0.3) is 16.7 Å². The van der Waals surface area contributed by atoms with E-state index >= 15 is 0 Å². The molecule has 32 heavy (non-hydrogen) atoms. The zero-order valence-corrected chi connectivity index (χ0v) is 21.1. The Morgan fingerprint density at radius 1 is 1.06 bits per heavy atom. The van der Waals surface area contributed by atoms with Crippen molar-refractivity contribution in [3.63, 3.8) is 0 Å². The van der Waals surface area contributed by atoms with Gasteiger partial charge in [-0.15, -0.1) is 24.0 Å². The smallest absolute Gasteiger partial charge is 0.191 e. The lowest BCUT2D eigenvalue weighted by atomic mass is 10.2. The van der Waals surface area contributed by atoms with Crippen LogP contribution in [0.4, 0.5) is 0 Å². The van der Waals surface area contributed by atoms with E-state index in [1.807, 2.05) is 48.0 Å². The second kappa shape index (κ2) is 11.1. The van der Waals surface area contributed by atoms with Gasteiger partial charge in [-0.2, -0.15) is 5.10 Å². The van der Waals surface area contributed by atoms with E-state index in [2.05, 4.69) is 57.7 Å². The number of aliphatic imine (C=N–C) groups is 1. The van der Waals surface area contributed by atoms with Crippen molar-refractivity contribution in [3.05, 3.63) is 77.4 Å². The number of hydrogen-bond acceptors (Lipinski definition) is 3. The van der Waals surface area contributed by atoms with E-state index in [4.69, 9.17) is 4.99 Å². The number of aryl methyl sites for hydroxylation is 2. The molecule has 0 bridgehead atoms. The predicted octanol–water partition coefficient (Wildman–Crippen LogP) is 4.28. The number of guanidine groups is 1. The average molecular weight is 543 g/mol. The van der Waals surface area contributed by atoms with E-state index in [1.54, 1.807) is 0 Å². The Hall–Kier alpha value is -2.88. The number of para-hydroxylation sites is 3. The van der Waals surface area contributed by atoms with E-state index < -0.39 is 0 Å². The van der Waals surface area contributed by atoms with Gasteiger partial charge in [0.25, 0.3) is 0 Å². The van der Waals surface area contributed by atoms with Crippen LogP contribution in [0, 0.1) is 13.8 Å². The third-order valence-electron chi connectivity index (χ3n) is 5.07. The summed E-state index contributed by atoms with van der Waals surface area (Å²) < 4.78 is 1.99. The summed E-state index contributed by atoms with van der Waals surface area (Å²) in [6.07, 6.45) is 0.793. The standard InChI is InChI=1S/C24H29N7.HI/c1-4-25-24(26-14-13-23-28-20-10-6-7-11-21(20)29-23)27-16-19-9-5-8-12-22(19)31-18(3)15-17(2)30-31;/h5-12,15H,4,13-14,16H2,1-3H3,(H,28,29)(H2,25,26,27);1H. The minimum absolute atomic E-state index is 0. The van der Waals surface area contributed by atoms with E-state index in [9.17, 15) is 0 Å². The number of halogens is 1. The van der Waals surface area contributed by atoms with E-state index in [-0.39, 0.29) is 24.0 Å². The molecule has 168 valence electrons. The maximum absolute atomic E-state index is 4.80. The van der Waals surface area contributed by atoms with Crippen LogP contribution in [-0.4, -0.2) is 38.8 Å². The molecule has 2 heterocycles.